The molecule has 2 fully saturated rings. The quantitative estimate of drug-likeness (QED) is 0.804. The highest BCUT2D eigenvalue weighted by Gasteiger charge is 2.26. The number of hydrogen-bond donors (Lipinski definition) is 1. The number of nitrogens with zero attached hydrogens (tertiary/aromatic N) is 3. The molecule has 1 aromatic rings. The summed E-state index contributed by atoms with van der Waals surface area (Å²) in [5, 5.41) is 3.37. The third kappa shape index (κ3) is 5.54. The molecule has 0 radical (unpaired) electrons. The highest BCUT2D eigenvalue weighted by molar-refractivity contribution is 6.33. The van der Waals surface area contributed by atoms with Crippen LogP contribution in [0.3, 0.4) is 0 Å². The van der Waals surface area contributed by atoms with Crippen LogP contribution in [0.5, 0.6) is 0 Å². The number of carbonyl (C=O) groups is 2. The highest BCUT2D eigenvalue weighted by atomic mass is 35.5. The maximum absolute atomic E-state index is 13.9. The van der Waals surface area contributed by atoms with Gasteiger partial charge >= 0.3 is 0 Å². The molecule has 2 amide bonds. The topological polar surface area (TPSA) is 55.9 Å². The SMILES string of the molecule is Cl.O=C(CCN1CCN(C(=O)c2c(F)cccc2Cl)CC1)N1CCNCC1. The lowest BCUT2D eigenvalue weighted by molar-refractivity contribution is -0.132. The van der Waals surface area contributed by atoms with Gasteiger partial charge in [0.2, 0.25) is 5.91 Å². The van der Waals surface area contributed by atoms with Gasteiger partial charge in [-0.3, -0.25) is 14.5 Å². The van der Waals surface area contributed by atoms with E-state index < -0.39 is 5.82 Å². The second-order valence-corrected chi connectivity index (χ2v) is 7.02. The standard InChI is InChI=1S/C18H24ClFN4O2.ClH/c19-14-2-1-3-15(20)17(14)18(26)24-12-10-22(11-13-24)7-4-16(25)23-8-5-21-6-9-23;/h1-3,21H,4-13H2;1H. The van der Waals surface area contributed by atoms with Crippen molar-refractivity contribution in [3.8, 4) is 0 Å². The Hall–Kier alpha value is -1.41. The third-order valence-corrected chi connectivity index (χ3v) is 5.26. The zero-order valence-corrected chi connectivity index (χ0v) is 16.7. The summed E-state index contributed by atoms with van der Waals surface area (Å²) in [5.74, 6) is -0.778. The van der Waals surface area contributed by atoms with Gasteiger partial charge in [0.1, 0.15) is 5.82 Å². The molecule has 3 rings (SSSR count). The lowest BCUT2D eigenvalue weighted by Crippen LogP contribution is -2.50. The Balaban J connectivity index is 0.00000261. The minimum atomic E-state index is -0.591. The van der Waals surface area contributed by atoms with Gasteiger partial charge in [0.05, 0.1) is 10.6 Å². The van der Waals surface area contributed by atoms with E-state index in [4.69, 9.17) is 11.6 Å². The van der Waals surface area contributed by atoms with E-state index in [1.54, 1.807) is 4.90 Å². The van der Waals surface area contributed by atoms with Crippen LogP contribution in [0.25, 0.3) is 0 Å². The number of halogens is 3. The van der Waals surface area contributed by atoms with Crippen molar-refractivity contribution in [3.63, 3.8) is 0 Å². The number of amides is 2. The number of hydrogen-bond acceptors (Lipinski definition) is 4. The summed E-state index contributed by atoms with van der Waals surface area (Å²) in [6.07, 6.45) is 0.493. The maximum Gasteiger partial charge on any atom is 0.258 e. The predicted molar refractivity (Wildman–Crippen MR) is 105 cm³/mol. The van der Waals surface area contributed by atoms with Gasteiger partial charge in [-0.15, -0.1) is 12.4 Å². The van der Waals surface area contributed by atoms with Crippen LogP contribution < -0.4 is 5.32 Å². The molecule has 1 aromatic carbocycles. The molecule has 2 heterocycles. The molecule has 2 aliphatic heterocycles. The van der Waals surface area contributed by atoms with Gasteiger partial charge in [-0.1, -0.05) is 17.7 Å². The van der Waals surface area contributed by atoms with Crippen molar-refractivity contribution >= 4 is 35.8 Å². The Morgan fingerprint density at radius 2 is 1.70 bits per heavy atom. The second-order valence-electron chi connectivity index (χ2n) is 6.61. The van der Waals surface area contributed by atoms with Gasteiger partial charge in [0, 0.05) is 65.3 Å². The second kappa shape index (κ2) is 10.2. The third-order valence-electron chi connectivity index (χ3n) is 4.95. The minimum Gasteiger partial charge on any atom is -0.340 e. The van der Waals surface area contributed by atoms with Crippen molar-refractivity contribution in [1.82, 2.24) is 20.0 Å². The number of piperazine rings is 2. The van der Waals surface area contributed by atoms with Crippen LogP contribution in [0, 0.1) is 5.82 Å². The van der Waals surface area contributed by atoms with E-state index in [2.05, 4.69) is 10.2 Å². The smallest absolute Gasteiger partial charge is 0.258 e. The molecular formula is C18H25Cl2FN4O2. The van der Waals surface area contributed by atoms with E-state index in [0.29, 0.717) is 39.1 Å². The van der Waals surface area contributed by atoms with Crippen molar-refractivity contribution in [2.75, 3.05) is 58.9 Å². The normalized spacial score (nSPS) is 18.1. The number of rotatable bonds is 4. The van der Waals surface area contributed by atoms with Gasteiger partial charge in [-0.25, -0.2) is 4.39 Å². The first kappa shape index (κ1) is 21.9. The fraction of sp³-hybridized carbons (Fsp3) is 0.556. The molecule has 2 saturated heterocycles. The predicted octanol–water partition coefficient (Wildman–Crippen LogP) is 1.48. The summed E-state index contributed by atoms with van der Waals surface area (Å²) in [5.41, 5.74) is -0.0588. The van der Waals surface area contributed by atoms with Crippen molar-refractivity contribution < 1.29 is 14.0 Å². The van der Waals surface area contributed by atoms with Crippen LogP contribution in [0.1, 0.15) is 16.8 Å². The first-order valence-electron chi connectivity index (χ1n) is 9.00. The van der Waals surface area contributed by atoms with Crippen molar-refractivity contribution in [3.05, 3.63) is 34.6 Å². The number of carbonyl (C=O) groups excluding carboxylic acids is 2. The molecule has 0 spiro atoms. The number of benzene rings is 1. The van der Waals surface area contributed by atoms with Crippen molar-refractivity contribution in [1.29, 1.82) is 0 Å². The first-order valence-corrected chi connectivity index (χ1v) is 9.38. The van der Waals surface area contributed by atoms with Gasteiger partial charge in [0.15, 0.2) is 0 Å². The Bertz CT molecular complexity index is 643. The Morgan fingerprint density at radius 1 is 1.04 bits per heavy atom. The van der Waals surface area contributed by atoms with E-state index in [1.807, 2.05) is 4.90 Å². The lowest BCUT2D eigenvalue weighted by Gasteiger charge is -2.35. The molecular weight excluding hydrogens is 394 g/mol. The Kier molecular flexibility index (Phi) is 8.28. The van der Waals surface area contributed by atoms with Crippen molar-refractivity contribution in [2.45, 2.75) is 6.42 Å². The molecule has 27 heavy (non-hydrogen) atoms. The van der Waals surface area contributed by atoms with E-state index in [1.165, 1.54) is 18.2 Å². The summed E-state index contributed by atoms with van der Waals surface area (Å²) in [7, 11) is 0. The van der Waals surface area contributed by atoms with Crippen molar-refractivity contribution in [2.24, 2.45) is 0 Å². The fourth-order valence-corrected chi connectivity index (χ4v) is 3.60. The van der Waals surface area contributed by atoms with Gasteiger partial charge in [-0.2, -0.15) is 0 Å². The molecule has 0 aliphatic carbocycles. The van der Waals surface area contributed by atoms with Gasteiger partial charge < -0.3 is 15.1 Å². The van der Waals surface area contributed by atoms with E-state index >= 15 is 0 Å². The number of nitrogens with one attached hydrogen (secondary N) is 1. The minimum absolute atomic E-state index is 0. The van der Waals surface area contributed by atoms with Gasteiger partial charge in [-0.05, 0) is 12.1 Å². The summed E-state index contributed by atoms with van der Waals surface area (Å²) in [6, 6.07) is 4.26. The van der Waals surface area contributed by atoms with Crippen LogP contribution in [-0.2, 0) is 4.79 Å². The molecule has 1 N–H and O–H groups in total. The summed E-state index contributed by atoms with van der Waals surface area (Å²) >= 11 is 5.99. The summed E-state index contributed by atoms with van der Waals surface area (Å²) in [4.78, 5) is 30.5. The largest absolute Gasteiger partial charge is 0.340 e. The lowest BCUT2D eigenvalue weighted by atomic mass is 10.1. The highest BCUT2D eigenvalue weighted by Crippen LogP contribution is 2.21. The molecule has 9 heteroatoms. The fourth-order valence-electron chi connectivity index (χ4n) is 3.36. The van der Waals surface area contributed by atoms with Crippen LogP contribution >= 0.6 is 24.0 Å². The van der Waals surface area contributed by atoms with Gasteiger partial charge in [0.25, 0.3) is 5.91 Å². The zero-order valence-electron chi connectivity index (χ0n) is 15.1. The van der Waals surface area contributed by atoms with E-state index in [-0.39, 0.29) is 34.8 Å². The Morgan fingerprint density at radius 3 is 2.33 bits per heavy atom. The molecule has 0 saturated carbocycles. The van der Waals surface area contributed by atoms with Crippen LogP contribution in [0.15, 0.2) is 18.2 Å². The van der Waals surface area contributed by atoms with Crippen LogP contribution in [-0.4, -0.2) is 85.4 Å². The molecule has 0 atom stereocenters. The molecule has 6 nitrogen and oxygen atoms in total. The summed E-state index contributed by atoms with van der Waals surface area (Å²) < 4.78 is 13.9. The molecule has 2 aliphatic rings. The monoisotopic (exact) mass is 418 g/mol. The first-order chi connectivity index (χ1) is 12.6. The Labute approximate surface area is 170 Å². The zero-order chi connectivity index (χ0) is 18.5. The maximum atomic E-state index is 13.9. The molecule has 150 valence electrons. The summed E-state index contributed by atoms with van der Waals surface area (Å²) in [6.45, 7) is 6.28. The van der Waals surface area contributed by atoms with E-state index in [9.17, 15) is 14.0 Å². The van der Waals surface area contributed by atoms with E-state index in [0.717, 1.165) is 26.2 Å². The average molecular weight is 419 g/mol. The molecule has 0 aromatic heterocycles. The van der Waals surface area contributed by atoms with Crippen LogP contribution in [0.2, 0.25) is 5.02 Å². The average Bonchev–Trinajstić information content (AvgIpc) is 2.67. The van der Waals surface area contributed by atoms with Crippen LogP contribution in [0.4, 0.5) is 4.39 Å². The molecule has 0 bridgehead atoms. The molecule has 0 unspecified atom stereocenters.